The monoisotopic (exact) mass is 1560 g/mol. The van der Waals surface area contributed by atoms with Crippen LogP contribution < -0.4 is 0 Å². The van der Waals surface area contributed by atoms with E-state index < -0.39 is 97.5 Å². The fourth-order valence-electron chi connectivity index (χ4n) is 13.6. The zero-order valence-electron chi connectivity index (χ0n) is 70.8. The number of aliphatic hydroxyl groups excluding tert-OH is 1. The molecular weight excluding hydrogens is 1390 g/mol. The Morgan fingerprint density at radius 3 is 0.664 bits per heavy atom. The minimum Gasteiger partial charge on any atom is -0.462 e. The number of phosphoric ester groups is 2. The highest BCUT2D eigenvalue weighted by atomic mass is 31.2. The van der Waals surface area contributed by atoms with E-state index in [9.17, 15) is 43.2 Å². The predicted octanol–water partition coefficient (Wildman–Crippen LogP) is 26.7. The molecule has 0 aromatic rings. The number of ether oxygens (including phenoxy) is 4. The number of phosphoric acid groups is 2. The molecule has 107 heavy (non-hydrogen) atoms. The molecule has 0 aromatic carbocycles. The van der Waals surface area contributed by atoms with E-state index in [1.807, 2.05) is 0 Å². The highest BCUT2D eigenvalue weighted by molar-refractivity contribution is 7.47. The van der Waals surface area contributed by atoms with Gasteiger partial charge in [-0.1, -0.05) is 409 Å². The van der Waals surface area contributed by atoms with Crippen LogP contribution in [0.3, 0.4) is 0 Å². The van der Waals surface area contributed by atoms with Crippen molar-refractivity contribution < 1.29 is 80.2 Å². The van der Waals surface area contributed by atoms with Crippen LogP contribution in [0.25, 0.3) is 0 Å². The molecule has 636 valence electrons. The van der Waals surface area contributed by atoms with Crippen molar-refractivity contribution in [2.45, 2.75) is 478 Å². The molecule has 0 aliphatic carbocycles. The number of rotatable bonds is 85. The lowest BCUT2D eigenvalue weighted by Gasteiger charge is -2.21. The lowest BCUT2D eigenvalue weighted by atomic mass is 9.99. The van der Waals surface area contributed by atoms with Crippen LogP contribution in [0.1, 0.15) is 460 Å². The topological polar surface area (TPSA) is 237 Å². The van der Waals surface area contributed by atoms with Crippen molar-refractivity contribution in [2.75, 3.05) is 39.6 Å². The first-order chi connectivity index (χ1) is 51.7. The Kier molecular flexibility index (Phi) is 75.3. The summed E-state index contributed by atoms with van der Waals surface area (Å²) in [5.74, 6) is 1.08. The molecule has 0 saturated heterocycles. The first-order valence-electron chi connectivity index (χ1n) is 45.3. The molecule has 7 atom stereocenters. The number of hydrogen-bond donors (Lipinski definition) is 3. The van der Waals surface area contributed by atoms with Crippen LogP contribution in [0.5, 0.6) is 0 Å². The molecular formula is C88H172O17P2. The second-order valence-corrected chi connectivity index (χ2v) is 36.0. The molecule has 0 bridgehead atoms. The second-order valence-electron chi connectivity index (χ2n) is 33.1. The number of aliphatic hydroxyl groups is 1. The summed E-state index contributed by atoms with van der Waals surface area (Å²) >= 11 is 0. The zero-order chi connectivity index (χ0) is 78.8. The Balaban J connectivity index is 5.17. The molecule has 0 spiro atoms. The van der Waals surface area contributed by atoms with Gasteiger partial charge in [-0.05, 0) is 49.4 Å². The van der Waals surface area contributed by atoms with Gasteiger partial charge in [0.25, 0.3) is 0 Å². The molecule has 0 fully saturated rings. The molecule has 0 heterocycles. The molecule has 0 aliphatic heterocycles. The third-order valence-corrected chi connectivity index (χ3v) is 23.2. The van der Waals surface area contributed by atoms with Crippen LogP contribution in [0.2, 0.25) is 0 Å². The molecule has 0 amide bonds. The van der Waals surface area contributed by atoms with Crippen molar-refractivity contribution in [3.8, 4) is 0 Å². The lowest BCUT2D eigenvalue weighted by molar-refractivity contribution is -0.161. The summed E-state index contributed by atoms with van der Waals surface area (Å²) in [4.78, 5) is 73.2. The van der Waals surface area contributed by atoms with Crippen molar-refractivity contribution in [3.63, 3.8) is 0 Å². The van der Waals surface area contributed by atoms with Crippen LogP contribution in [-0.2, 0) is 65.4 Å². The van der Waals surface area contributed by atoms with E-state index >= 15 is 0 Å². The highest BCUT2D eigenvalue weighted by Gasteiger charge is 2.31. The first kappa shape index (κ1) is 105. The quantitative estimate of drug-likeness (QED) is 0.0222. The van der Waals surface area contributed by atoms with Gasteiger partial charge in [0.05, 0.1) is 26.4 Å². The number of carbonyl (C=O) groups is 4. The Morgan fingerprint density at radius 1 is 0.262 bits per heavy atom. The number of esters is 4. The largest absolute Gasteiger partial charge is 0.472 e. The average molecular weight is 1560 g/mol. The van der Waals surface area contributed by atoms with Gasteiger partial charge in [-0.15, -0.1) is 0 Å². The second kappa shape index (κ2) is 76.7. The number of carbonyl (C=O) groups excluding carboxylic acids is 4. The van der Waals surface area contributed by atoms with E-state index in [0.29, 0.717) is 25.7 Å². The highest BCUT2D eigenvalue weighted by Crippen LogP contribution is 2.45. The fourth-order valence-corrected chi connectivity index (χ4v) is 15.2. The molecule has 0 radical (unpaired) electrons. The maximum absolute atomic E-state index is 13.1. The first-order valence-corrected chi connectivity index (χ1v) is 48.3. The molecule has 0 aliphatic rings. The van der Waals surface area contributed by atoms with E-state index in [1.54, 1.807) is 0 Å². The summed E-state index contributed by atoms with van der Waals surface area (Å²) in [6.45, 7) is 14.4. The number of hydrogen-bond acceptors (Lipinski definition) is 15. The van der Waals surface area contributed by atoms with Gasteiger partial charge in [-0.25, -0.2) is 9.13 Å². The van der Waals surface area contributed by atoms with Gasteiger partial charge in [0.15, 0.2) is 12.2 Å². The minimum atomic E-state index is -4.97. The van der Waals surface area contributed by atoms with Gasteiger partial charge in [0.2, 0.25) is 0 Å². The minimum absolute atomic E-state index is 0.107. The fraction of sp³-hybridized carbons (Fsp3) is 0.955. The van der Waals surface area contributed by atoms with Crippen LogP contribution in [0.4, 0.5) is 0 Å². The number of unbranched alkanes of at least 4 members (excludes halogenated alkanes) is 49. The van der Waals surface area contributed by atoms with Crippen molar-refractivity contribution in [3.05, 3.63) is 0 Å². The van der Waals surface area contributed by atoms with E-state index in [2.05, 4.69) is 55.4 Å². The smallest absolute Gasteiger partial charge is 0.462 e. The van der Waals surface area contributed by atoms with Gasteiger partial charge in [-0.2, -0.15) is 0 Å². The summed E-state index contributed by atoms with van der Waals surface area (Å²) in [5.41, 5.74) is 0. The summed E-state index contributed by atoms with van der Waals surface area (Å²) in [5, 5.41) is 10.7. The Bertz CT molecular complexity index is 2080. The summed E-state index contributed by atoms with van der Waals surface area (Å²) < 4.78 is 68.9. The van der Waals surface area contributed by atoms with Crippen LogP contribution in [0.15, 0.2) is 0 Å². The molecule has 17 nitrogen and oxygen atoms in total. The average Bonchev–Trinajstić information content (AvgIpc) is 0.901. The molecule has 0 rings (SSSR count). The van der Waals surface area contributed by atoms with Gasteiger partial charge in [0, 0.05) is 25.7 Å². The standard InChI is InChI=1S/C88H172O17P2/c1-9-80(7)66-58-50-42-36-30-24-20-16-12-14-18-22-26-32-38-44-54-62-70-87(92)105-84(75-99-86(91)69-61-53-47-46-51-59-67-81(8)10-2)77-103-107(96,97)101-73-82(89)72-100-106(94,95)102-76-83(104-88(93)71-63-55-45-39-33-27-29-35-41-49-57-65-79(5)6)74-98-85(90)68-60-52-43-37-31-25-21-17-13-11-15-19-23-28-34-40-48-56-64-78(3)4/h78-84,89H,9-77H2,1-8H3,(H,94,95)(H,96,97)/t80?,81?,82-,83-,84-/m1/s1. The van der Waals surface area contributed by atoms with Crippen LogP contribution >= 0.6 is 15.6 Å². The molecule has 3 N–H and O–H groups in total. The van der Waals surface area contributed by atoms with Crippen molar-refractivity contribution in [1.29, 1.82) is 0 Å². The maximum atomic E-state index is 13.1. The van der Waals surface area contributed by atoms with Crippen molar-refractivity contribution in [1.82, 2.24) is 0 Å². The van der Waals surface area contributed by atoms with E-state index in [0.717, 1.165) is 120 Å². The normalized spacial score (nSPS) is 14.4. The van der Waals surface area contributed by atoms with Gasteiger partial charge in [0.1, 0.15) is 19.3 Å². The third-order valence-electron chi connectivity index (χ3n) is 21.3. The third kappa shape index (κ3) is 79.1. The maximum Gasteiger partial charge on any atom is 0.472 e. The van der Waals surface area contributed by atoms with Crippen molar-refractivity contribution in [2.24, 2.45) is 23.7 Å². The Morgan fingerprint density at radius 2 is 0.449 bits per heavy atom. The summed E-state index contributed by atoms with van der Waals surface area (Å²) in [6, 6.07) is 0. The van der Waals surface area contributed by atoms with Crippen LogP contribution in [-0.4, -0.2) is 96.7 Å². The molecule has 0 aromatic heterocycles. The van der Waals surface area contributed by atoms with E-state index in [-0.39, 0.29) is 25.7 Å². The molecule has 0 saturated carbocycles. The Labute approximate surface area is 658 Å². The van der Waals surface area contributed by atoms with E-state index in [1.165, 1.54) is 257 Å². The SMILES string of the molecule is CCC(C)CCCCCCCCCCCCCCCCCCCCC(=O)O[C@H](COC(=O)CCCCCCCCC(C)CC)COP(=O)(O)OC[C@H](O)COP(=O)(O)OC[C@@H](COC(=O)CCCCCCCCCCCCCCCCCCCCC(C)C)OC(=O)CCCCCCCCCCCCCC(C)C. The van der Waals surface area contributed by atoms with Gasteiger partial charge >= 0.3 is 39.5 Å². The van der Waals surface area contributed by atoms with Gasteiger partial charge in [-0.3, -0.25) is 37.3 Å². The molecule has 4 unspecified atom stereocenters. The van der Waals surface area contributed by atoms with Crippen molar-refractivity contribution >= 4 is 39.5 Å². The lowest BCUT2D eigenvalue weighted by Crippen LogP contribution is -2.30. The zero-order valence-corrected chi connectivity index (χ0v) is 72.6. The van der Waals surface area contributed by atoms with E-state index in [4.69, 9.17) is 37.0 Å². The van der Waals surface area contributed by atoms with Gasteiger partial charge < -0.3 is 33.8 Å². The van der Waals surface area contributed by atoms with Crippen LogP contribution in [0, 0.1) is 23.7 Å². The predicted molar refractivity (Wildman–Crippen MR) is 441 cm³/mol. The Hall–Kier alpha value is -1.94. The summed E-state index contributed by atoms with van der Waals surface area (Å²) in [6.07, 6.45) is 66.8. The summed E-state index contributed by atoms with van der Waals surface area (Å²) in [7, 11) is -9.93. The molecule has 19 heteroatoms.